The molecule has 0 atom stereocenters. The molecule has 0 unspecified atom stereocenters. The lowest BCUT2D eigenvalue weighted by molar-refractivity contribution is 0.0950. The van der Waals surface area contributed by atoms with E-state index in [1.807, 2.05) is 24.3 Å². The third kappa shape index (κ3) is 4.51. The van der Waals surface area contributed by atoms with Gasteiger partial charge in [-0.15, -0.1) is 0 Å². The lowest BCUT2D eigenvalue weighted by atomic mass is 10.0. The molecule has 0 aliphatic carbocycles. The Morgan fingerprint density at radius 3 is 2.71 bits per heavy atom. The number of hydrogen-bond acceptors (Lipinski definition) is 5. The molecular formula is C26H19ClFN5O. The van der Waals surface area contributed by atoms with Gasteiger partial charge in [0, 0.05) is 59.1 Å². The summed E-state index contributed by atoms with van der Waals surface area (Å²) in [6.07, 6.45) is 5.31. The van der Waals surface area contributed by atoms with Crippen LogP contribution in [0.1, 0.15) is 27.2 Å². The number of nitrogen functional groups attached to an aromatic ring is 1. The summed E-state index contributed by atoms with van der Waals surface area (Å²) in [4.78, 5) is 25.4. The van der Waals surface area contributed by atoms with Gasteiger partial charge >= 0.3 is 0 Å². The van der Waals surface area contributed by atoms with E-state index in [1.54, 1.807) is 42.9 Å². The third-order valence-corrected chi connectivity index (χ3v) is 5.78. The van der Waals surface area contributed by atoms with Crippen LogP contribution >= 0.6 is 11.6 Å². The number of aromatic nitrogens is 3. The van der Waals surface area contributed by atoms with E-state index < -0.39 is 5.82 Å². The summed E-state index contributed by atoms with van der Waals surface area (Å²) < 4.78 is 14.5. The van der Waals surface area contributed by atoms with Crippen LogP contribution in [0.4, 0.5) is 10.2 Å². The highest BCUT2D eigenvalue weighted by molar-refractivity contribution is 6.31. The van der Waals surface area contributed by atoms with Gasteiger partial charge in [0.25, 0.3) is 5.91 Å². The molecule has 5 aromatic rings. The predicted molar refractivity (Wildman–Crippen MR) is 131 cm³/mol. The molecule has 168 valence electrons. The Bertz CT molecular complexity index is 1560. The van der Waals surface area contributed by atoms with Gasteiger partial charge in [-0.1, -0.05) is 17.7 Å². The van der Waals surface area contributed by atoms with Gasteiger partial charge in [-0.2, -0.15) is 0 Å². The number of nitrogens with zero attached hydrogens (tertiary/aromatic N) is 3. The van der Waals surface area contributed by atoms with Crippen LogP contribution in [0.2, 0.25) is 5.02 Å². The molecule has 34 heavy (non-hydrogen) atoms. The van der Waals surface area contributed by atoms with Crippen molar-refractivity contribution in [2.45, 2.75) is 13.0 Å². The van der Waals surface area contributed by atoms with Gasteiger partial charge in [-0.05, 0) is 59.5 Å². The predicted octanol–water partition coefficient (Wildman–Crippen LogP) is 5.07. The van der Waals surface area contributed by atoms with Crippen molar-refractivity contribution < 1.29 is 9.18 Å². The molecule has 0 bridgehead atoms. The highest BCUT2D eigenvalue weighted by Crippen LogP contribution is 2.23. The van der Waals surface area contributed by atoms with E-state index in [0.29, 0.717) is 28.0 Å². The van der Waals surface area contributed by atoms with Gasteiger partial charge < -0.3 is 11.1 Å². The number of amides is 1. The number of carbonyl (C=O) groups excluding carboxylic acids is 1. The van der Waals surface area contributed by atoms with Gasteiger partial charge in [0.05, 0.1) is 10.5 Å². The SMILES string of the molecule is Nc1nccc2cc(CNC(=O)c3ccnc(Cc4ccc5ncc(Cl)cc5c4)c3)c(F)cc12. The van der Waals surface area contributed by atoms with Gasteiger partial charge in [0.15, 0.2) is 0 Å². The first-order chi connectivity index (χ1) is 16.5. The summed E-state index contributed by atoms with van der Waals surface area (Å²) in [6.45, 7) is 0.0406. The first-order valence-electron chi connectivity index (χ1n) is 10.6. The highest BCUT2D eigenvalue weighted by atomic mass is 35.5. The number of nitrogens with two attached hydrogens (primary N) is 1. The zero-order valence-electron chi connectivity index (χ0n) is 17.9. The van der Waals surface area contributed by atoms with Crippen LogP contribution in [0.3, 0.4) is 0 Å². The second-order valence-electron chi connectivity index (χ2n) is 7.94. The maximum absolute atomic E-state index is 14.5. The Hall–Kier alpha value is -4.10. The summed E-state index contributed by atoms with van der Waals surface area (Å²) in [7, 11) is 0. The molecular weight excluding hydrogens is 453 g/mol. The molecule has 2 aromatic carbocycles. The average molecular weight is 472 g/mol. The first-order valence-corrected chi connectivity index (χ1v) is 10.9. The van der Waals surface area contributed by atoms with Crippen LogP contribution in [0.5, 0.6) is 0 Å². The van der Waals surface area contributed by atoms with Crippen LogP contribution in [-0.4, -0.2) is 20.9 Å². The number of benzene rings is 2. The number of anilines is 1. The number of halogens is 2. The summed E-state index contributed by atoms with van der Waals surface area (Å²) in [5.74, 6) is -0.497. The van der Waals surface area contributed by atoms with Crippen LogP contribution < -0.4 is 11.1 Å². The van der Waals surface area contributed by atoms with Crippen LogP contribution in [0.15, 0.2) is 73.2 Å². The fourth-order valence-electron chi connectivity index (χ4n) is 3.87. The van der Waals surface area contributed by atoms with E-state index in [1.165, 1.54) is 6.07 Å². The monoisotopic (exact) mass is 471 g/mol. The minimum Gasteiger partial charge on any atom is -0.383 e. The van der Waals surface area contributed by atoms with E-state index in [4.69, 9.17) is 17.3 Å². The lowest BCUT2D eigenvalue weighted by Gasteiger charge is -2.10. The second kappa shape index (κ2) is 9.03. The molecule has 0 radical (unpaired) electrons. The molecule has 0 aliphatic rings. The minimum absolute atomic E-state index is 0.0406. The first kappa shape index (κ1) is 21.7. The van der Waals surface area contributed by atoms with Crippen molar-refractivity contribution in [1.82, 2.24) is 20.3 Å². The molecule has 0 saturated heterocycles. The zero-order valence-corrected chi connectivity index (χ0v) is 18.7. The van der Waals surface area contributed by atoms with E-state index in [0.717, 1.165) is 27.5 Å². The molecule has 0 saturated carbocycles. The van der Waals surface area contributed by atoms with Gasteiger partial charge in [0.2, 0.25) is 0 Å². The smallest absolute Gasteiger partial charge is 0.251 e. The normalized spacial score (nSPS) is 11.1. The van der Waals surface area contributed by atoms with Crippen LogP contribution in [0, 0.1) is 5.82 Å². The molecule has 3 N–H and O–H groups in total. The van der Waals surface area contributed by atoms with Crippen LogP contribution in [0.25, 0.3) is 21.7 Å². The molecule has 6 nitrogen and oxygen atoms in total. The van der Waals surface area contributed by atoms with Gasteiger partial charge in [0.1, 0.15) is 11.6 Å². The van der Waals surface area contributed by atoms with E-state index in [2.05, 4.69) is 20.3 Å². The van der Waals surface area contributed by atoms with Crippen molar-refractivity contribution in [3.8, 4) is 0 Å². The average Bonchev–Trinajstić information content (AvgIpc) is 2.83. The van der Waals surface area contributed by atoms with E-state index in [9.17, 15) is 9.18 Å². The lowest BCUT2D eigenvalue weighted by Crippen LogP contribution is -2.23. The summed E-state index contributed by atoms with van der Waals surface area (Å²) in [5, 5.41) is 5.60. The van der Waals surface area contributed by atoms with Gasteiger partial charge in [-0.25, -0.2) is 9.37 Å². The summed E-state index contributed by atoms with van der Waals surface area (Å²) in [6, 6.07) is 15.9. The summed E-state index contributed by atoms with van der Waals surface area (Å²) in [5.41, 5.74) is 9.24. The maximum atomic E-state index is 14.5. The number of pyridine rings is 3. The molecule has 3 heterocycles. The van der Waals surface area contributed by atoms with Crippen molar-refractivity contribution in [2.24, 2.45) is 0 Å². The Morgan fingerprint density at radius 1 is 0.971 bits per heavy atom. The van der Waals surface area contributed by atoms with Crippen molar-refractivity contribution in [1.29, 1.82) is 0 Å². The van der Waals surface area contributed by atoms with E-state index >= 15 is 0 Å². The Labute approximate surface area is 199 Å². The maximum Gasteiger partial charge on any atom is 0.251 e. The van der Waals surface area contributed by atoms with Crippen molar-refractivity contribution in [3.63, 3.8) is 0 Å². The topological polar surface area (TPSA) is 93.8 Å². The van der Waals surface area contributed by atoms with Crippen molar-refractivity contribution in [3.05, 3.63) is 106 Å². The second-order valence-corrected chi connectivity index (χ2v) is 8.37. The molecule has 5 rings (SSSR count). The molecule has 3 aromatic heterocycles. The minimum atomic E-state index is -0.450. The van der Waals surface area contributed by atoms with Crippen molar-refractivity contribution >= 4 is 45.0 Å². The molecule has 1 amide bonds. The third-order valence-electron chi connectivity index (χ3n) is 5.58. The van der Waals surface area contributed by atoms with E-state index in [-0.39, 0.29) is 18.3 Å². The fraction of sp³-hybridized carbons (Fsp3) is 0.0769. The summed E-state index contributed by atoms with van der Waals surface area (Å²) >= 11 is 6.06. The number of rotatable bonds is 5. The Kier molecular flexibility index (Phi) is 5.77. The van der Waals surface area contributed by atoms with Crippen LogP contribution in [-0.2, 0) is 13.0 Å². The fourth-order valence-corrected chi connectivity index (χ4v) is 4.03. The number of nitrogens with one attached hydrogen (secondary N) is 1. The highest BCUT2D eigenvalue weighted by Gasteiger charge is 2.11. The molecule has 0 fully saturated rings. The molecule has 8 heteroatoms. The van der Waals surface area contributed by atoms with Gasteiger partial charge in [-0.3, -0.25) is 14.8 Å². The zero-order chi connectivity index (χ0) is 23.7. The molecule has 0 spiro atoms. The van der Waals surface area contributed by atoms with Crippen molar-refractivity contribution in [2.75, 3.05) is 5.73 Å². The Morgan fingerprint density at radius 2 is 1.82 bits per heavy atom. The number of fused-ring (bicyclic) bond motifs is 2. The standard InChI is InChI=1S/C26H19ClFN5O/c27-20-10-18-7-15(1-2-24(18)32-14-20)8-21-11-17(4-5-30-21)26(34)33-13-19-9-16-3-6-31-25(29)22(16)12-23(19)28/h1-7,9-12,14H,8,13H2,(H2,29,31)(H,33,34). The molecule has 0 aliphatic heterocycles. The largest absolute Gasteiger partial charge is 0.383 e. The quantitative estimate of drug-likeness (QED) is 0.373. The number of carbonyl (C=O) groups is 1. The number of hydrogen-bond donors (Lipinski definition) is 2. The Balaban J connectivity index is 1.31.